The molecule has 1 saturated heterocycles. The molecule has 7 nitrogen and oxygen atoms in total. The Hall–Kier alpha value is -1.26. The van der Waals surface area contributed by atoms with E-state index in [9.17, 15) is 8.42 Å². The van der Waals surface area contributed by atoms with E-state index in [4.69, 9.17) is 4.74 Å². The Morgan fingerprint density at radius 1 is 1.33 bits per heavy atom. The maximum atomic E-state index is 12.3. The molecule has 0 atom stereocenters. The first-order chi connectivity index (χ1) is 11.5. The number of aromatic nitrogens is 2. The van der Waals surface area contributed by atoms with Crippen molar-refractivity contribution < 1.29 is 13.2 Å². The van der Waals surface area contributed by atoms with Gasteiger partial charge in [0.2, 0.25) is 0 Å². The molecule has 132 valence electrons. The summed E-state index contributed by atoms with van der Waals surface area (Å²) in [6.07, 6.45) is 0. The zero-order valence-electron chi connectivity index (χ0n) is 13.9. The molecule has 0 aliphatic carbocycles. The summed E-state index contributed by atoms with van der Waals surface area (Å²) >= 11 is 1.65. The summed E-state index contributed by atoms with van der Waals surface area (Å²) in [4.78, 5) is 0. The quantitative estimate of drug-likeness (QED) is 0.834. The second-order valence-electron chi connectivity index (χ2n) is 5.69. The average molecular weight is 371 g/mol. The minimum atomic E-state index is -3.45. The molecule has 2 aromatic heterocycles. The molecule has 1 N–H and O–H groups in total. The van der Waals surface area contributed by atoms with Crippen LogP contribution >= 0.6 is 11.3 Å². The first kappa shape index (κ1) is 17.6. The Morgan fingerprint density at radius 3 is 2.75 bits per heavy atom. The second kappa shape index (κ2) is 7.32. The van der Waals surface area contributed by atoms with Crippen LogP contribution in [0.1, 0.15) is 11.4 Å². The molecule has 1 aliphatic rings. The lowest BCUT2D eigenvalue weighted by Gasteiger charge is -2.26. The van der Waals surface area contributed by atoms with Gasteiger partial charge in [0, 0.05) is 30.9 Å². The van der Waals surface area contributed by atoms with Crippen LogP contribution in [0.2, 0.25) is 0 Å². The van der Waals surface area contributed by atoms with E-state index in [1.54, 1.807) is 11.3 Å². The fourth-order valence-corrected chi connectivity index (χ4v) is 4.71. The number of aryl methyl sites for hydroxylation is 1. The number of thiophene rings is 1. The van der Waals surface area contributed by atoms with E-state index >= 15 is 0 Å². The van der Waals surface area contributed by atoms with Crippen LogP contribution < -0.4 is 4.72 Å². The Kier molecular flexibility index (Phi) is 5.36. The molecule has 24 heavy (non-hydrogen) atoms. The largest absolute Gasteiger partial charge is 0.379 e. The SMILES string of the molecule is Cc1nn(CCNS(=O)(=O)N2CCOCC2)c(C)c1-c1ccsc1. The Morgan fingerprint density at radius 2 is 2.08 bits per heavy atom. The third-order valence-corrected chi connectivity index (χ3v) is 6.41. The van der Waals surface area contributed by atoms with Gasteiger partial charge in [-0.15, -0.1) is 0 Å². The Balaban J connectivity index is 1.64. The smallest absolute Gasteiger partial charge is 0.279 e. The number of nitrogens with one attached hydrogen (secondary N) is 1. The molecule has 0 bridgehead atoms. The number of nitrogens with zero attached hydrogens (tertiary/aromatic N) is 3. The summed E-state index contributed by atoms with van der Waals surface area (Å²) in [6.45, 7) is 6.50. The number of rotatable bonds is 6. The van der Waals surface area contributed by atoms with Gasteiger partial charge in [0.1, 0.15) is 0 Å². The maximum Gasteiger partial charge on any atom is 0.279 e. The van der Waals surface area contributed by atoms with Crippen LogP contribution in [0.15, 0.2) is 16.8 Å². The highest BCUT2D eigenvalue weighted by Gasteiger charge is 2.23. The summed E-state index contributed by atoms with van der Waals surface area (Å²) < 4.78 is 35.6. The van der Waals surface area contributed by atoms with Gasteiger partial charge in [-0.2, -0.15) is 29.2 Å². The zero-order valence-corrected chi connectivity index (χ0v) is 15.5. The summed E-state index contributed by atoms with van der Waals surface area (Å²) in [6, 6.07) is 2.08. The van der Waals surface area contributed by atoms with Crippen molar-refractivity contribution in [2.75, 3.05) is 32.8 Å². The highest BCUT2D eigenvalue weighted by molar-refractivity contribution is 7.87. The van der Waals surface area contributed by atoms with Gasteiger partial charge in [-0.25, -0.2) is 4.72 Å². The van der Waals surface area contributed by atoms with E-state index in [2.05, 4.69) is 21.3 Å². The molecule has 0 saturated carbocycles. The van der Waals surface area contributed by atoms with Crippen molar-refractivity contribution in [1.82, 2.24) is 18.8 Å². The standard InChI is InChI=1S/C15H22N4O3S2/c1-12-15(14-3-10-23-11-14)13(2)19(17-12)5-4-16-24(20,21)18-6-8-22-9-7-18/h3,10-11,16H,4-9H2,1-2H3. The van der Waals surface area contributed by atoms with Crippen LogP contribution in [0, 0.1) is 13.8 Å². The van der Waals surface area contributed by atoms with Gasteiger partial charge in [-0.3, -0.25) is 4.68 Å². The minimum Gasteiger partial charge on any atom is -0.379 e. The molecule has 9 heteroatoms. The average Bonchev–Trinajstić information content (AvgIpc) is 3.17. The number of morpholine rings is 1. The summed E-state index contributed by atoms with van der Waals surface area (Å²) in [5.74, 6) is 0. The van der Waals surface area contributed by atoms with Crippen LogP contribution in [-0.4, -0.2) is 55.4 Å². The lowest BCUT2D eigenvalue weighted by Crippen LogP contribution is -2.47. The van der Waals surface area contributed by atoms with E-state index < -0.39 is 10.2 Å². The first-order valence-electron chi connectivity index (χ1n) is 7.88. The molecule has 0 aromatic carbocycles. The van der Waals surface area contributed by atoms with Crippen LogP contribution in [0.5, 0.6) is 0 Å². The van der Waals surface area contributed by atoms with Crippen molar-refractivity contribution in [1.29, 1.82) is 0 Å². The lowest BCUT2D eigenvalue weighted by atomic mass is 10.1. The molecule has 2 aromatic rings. The molecule has 1 fully saturated rings. The fourth-order valence-electron chi connectivity index (χ4n) is 2.90. The number of hydrogen-bond acceptors (Lipinski definition) is 5. The van der Waals surface area contributed by atoms with Crippen molar-refractivity contribution in [2.45, 2.75) is 20.4 Å². The predicted octanol–water partition coefficient (Wildman–Crippen LogP) is 1.40. The topological polar surface area (TPSA) is 76.5 Å². The van der Waals surface area contributed by atoms with Crippen LogP contribution in [-0.2, 0) is 21.5 Å². The second-order valence-corrected chi connectivity index (χ2v) is 8.23. The number of hydrogen-bond donors (Lipinski definition) is 1. The normalized spacial score (nSPS) is 16.6. The van der Waals surface area contributed by atoms with Gasteiger partial charge in [0.15, 0.2) is 0 Å². The van der Waals surface area contributed by atoms with Crippen LogP contribution in [0.3, 0.4) is 0 Å². The molecule has 0 radical (unpaired) electrons. The zero-order chi connectivity index (χ0) is 17.2. The Bertz CT molecular complexity index is 778. The Labute approximate surface area is 146 Å². The van der Waals surface area contributed by atoms with E-state index in [0.29, 0.717) is 39.4 Å². The fraction of sp³-hybridized carbons (Fsp3) is 0.533. The lowest BCUT2D eigenvalue weighted by molar-refractivity contribution is 0.0725. The molecule has 3 rings (SSSR count). The van der Waals surface area contributed by atoms with E-state index in [1.807, 2.05) is 23.9 Å². The van der Waals surface area contributed by atoms with E-state index in [1.165, 1.54) is 4.31 Å². The highest BCUT2D eigenvalue weighted by atomic mass is 32.2. The molecule has 1 aliphatic heterocycles. The third-order valence-electron chi connectivity index (χ3n) is 4.11. The van der Waals surface area contributed by atoms with Crippen molar-refractivity contribution in [2.24, 2.45) is 0 Å². The van der Waals surface area contributed by atoms with Gasteiger partial charge in [0.25, 0.3) is 10.2 Å². The van der Waals surface area contributed by atoms with E-state index in [-0.39, 0.29) is 0 Å². The summed E-state index contributed by atoms with van der Waals surface area (Å²) in [5.41, 5.74) is 4.31. The van der Waals surface area contributed by atoms with Crippen LogP contribution in [0.25, 0.3) is 11.1 Å². The van der Waals surface area contributed by atoms with Gasteiger partial charge in [-0.05, 0) is 36.2 Å². The molecule has 0 unspecified atom stereocenters. The van der Waals surface area contributed by atoms with Gasteiger partial charge in [-0.1, -0.05) is 0 Å². The third kappa shape index (κ3) is 3.70. The summed E-state index contributed by atoms with van der Waals surface area (Å²) in [7, 11) is -3.45. The maximum absolute atomic E-state index is 12.3. The highest BCUT2D eigenvalue weighted by Crippen LogP contribution is 2.28. The predicted molar refractivity (Wildman–Crippen MR) is 94.3 cm³/mol. The van der Waals surface area contributed by atoms with Crippen molar-refractivity contribution in [3.05, 3.63) is 28.2 Å². The van der Waals surface area contributed by atoms with Crippen molar-refractivity contribution >= 4 is 21.5 Å². The molecular formula is C15H22N4O3S2. The van der Waals surface area contributed by atoms with Crippen molar-refractivity contribution in [3.8, 4) is 11.1 Å². The van der Waals surface area contributed by atoms with Gasteiger partial charge < -0.3 is 4.74 Å². The van der Waals surface area contributed by atoms with Gasteiger partial charge in [0.05, 0.1) is 25.5 Å². The van der Waals surface area contributed by atoms with E-state index in [0.717, 1.165) is 22.5 Å². The summed E-state index contributed by atoms with van der Waals surface area (Å²) in [5, 5.41) is 8.69. The molecule has 0 amide bonds. The molecular weight excluding hydrogens is 348 g/mol. The van der Waals surface area contributed by atoms with Gasteiger partial charge >= 0.3 is 0 Å². The minimum absolute atomic E-state index is 0.310. The van der Waals surface area contributed by atoms with Crippen molar-refractivity contribution in [3.63, 3.8) is 0 Å². The first-order valence-corrected chi connectivity index (χ1v) is 10.3. The molecule has 3 heterocycles. The molecule has 0 spiro atoms. The monoisotopic (exact) mass is 370 g/mol. The van der Waals surface area contributed by atoms with Crippen LogP contribution in [0.4, 0.5) is 0 Å². The number of ether oxygens (including phenoxy) is 1.